The summed E-state index contributed by atoms with van der Waals surface area (Å²) >= 11 is 0. The maximum absolute atomic E-state index is 6.72. The number of fused-ring (bicyclic) bond motifs is 1. The third kappa shape index (κ3) is 6.92. The molecule has 210 valence electrons. The molecule has 4 aromatic carbocycles. The van der Waals surface area contributed by atoms with Gasteiger partial charge < -0.3 is 23.8 Å². The van der Waals surface area contributed by atoms with Crippen LogP contribution in [0.15, 0.2) is 126 Å². The van der Waals surface area contributed by atoms with Crippen molar-refractivity contribution in [3.05, 3.63) is 144 Å². The normalized spacial score (nSPS) is 23.4. The molecule has 0 aromatic heterocycles. The lowest BCUT2D eigenvalue weighted by atomic mass is 9.79. The number of nitrogens with zero attached hydrogens (tertiary/aromatic N) is 1. The molecular formula is C35H35NO5. The predicted molar refractivity (Wildman–Crippen MR) is 157 cm³/mol. The number of benzene rings is 4. The van der Waals surface area contributed by atoms with Crippen LogP contribution in [0.4, 0.5) is 0 Å². The van der Waals surface area contributed by atoms with Crippen molar-refractivity contribution in [3.63, 3.8) is 0 Å². The van der Waals surface area contributed by atoms with Crippen molar-refractivity contribution in [2.75, 3.05) is 6.61 Å². The van der Waals surface area contributed by atoms with E-state index in [9.17, 15) is 0 Å². The molecule has 2 aliphatic rings. The number of ether oxygens (including phenoxy) is 4. The van der Waals surface area contributed by atoms with Crippen LogP contribution in [-0.2, 0) is 50.2 Å². The number of rotatable bonds is 12. The average Bonchev–Trinajstić information content (AvgIpc) is 3.53. The quantitative estimate of drug-likeness (QED) is 0.206. The Morgan fingerprint density at radius 2 is 0.878 bits per heavy atom. The summed E-state index contributed by atoms with van der Waals surface area (Å²) in [6, 6.07) is 40.7. The average molecular weight is 550 g/mol. The maximum Gasteiger partial charge on any atom is 0.129 e. The Hall–Kier alpha value is -3.81. The van der Waals surface area contributed by atoms with Gasteiger partial charge in [-0.2, -0.15) is 0 Å². The largest absolute Gasteiger partial charge is 0.395 e. The molecule has 0 saturated heterocycles. The molecule has 1 heterocycles. The smallest absolute Gasteiger partial charge is 0.129 e. The molecule has 1 aliphatic carbocycles. The van der Waals surface area contributed by atoms with Crippen LogP contribution in [0.3, 0.4) is 0 Å². The third-order valence-corrected chi connectivity index (χ3v) is 7.57. The van der Waals surface area contributed by atoms with E-state index in [1.807, 2.05) is 72.8 Å². The first-order valence-electron chi connectivity index (χ1n) is 14.2. The van der Waals surface area contributed by atoms with Crippen molar-refractivity contribution >= 4 is 5.71 Å². The van der Waals surface area contributed by atoms with Crippen molar-refractivity contribution in [2.45, 2.75) is 50.8 Å². The number of oxime groups is 1. The Morgan fingerprint density at radius 3 is 1.34 bits per heavy atom. The molecule has 0 amide bonds. The lowest BCUT2D eigenvalue weighted by Gasteiger charge is -2.44. The van der Waals surface area contributed by atoms with E-state index in [4.69, 9.17) is 23.8 Å². The molecule has 0 radical (unpaired) electrons. The Kier molecular flexibility index (Phi) is 9.15. The summed E-state index contributed by atoms with van der Waals surface area (Å²) in [5, 5.41) is 4.49. The van der Waals surface area contributed by atoms with Gasteiger partial charge in [0.1, 0.15) is 24.9 Å². The second-order valence-corrected chi connectivity index (χ2v) is 10.4. The first kappa shape index (κ1) is 27.4. The molecule has 1 aliphatic heterocycles. The first-order valence-corrected chi connectivity index (χ1v) is 14.2. The van der Waals surface area contributed by atoms with E-state index in [0.29, 0.717) is 33.0 Å². The standard InChI is InChI=1S/C35H35NO5/c1-5-13-26(14-6-1)21-37-32-30-25-41-36-31(30)33(38-22-27-15-7-2-8-16-27)35(40-24-29-19-11-4-12-20-29)34(32)39-23-28-17-9-3-10-18-28/h1-20,30,32-35H,21-25H2/t30-,32+,33+,34-,35-/m1/s1. The van der Waals surface area contributed by atoms with E-state index in [1.165, 1.54) is 0 Å². The zero-order valence-corrected chi connectivity index (χ0v) is 23.0. The molecule has 0 spiro atoms. The molecule has 41 heavy (non-hydrogen) atoms. The zero-order valence-electron chi connectivity index (χ0n) is 23.0. The van der Waals surface area contributed by atoms with Crippen LogP contribution in [0.1, 0.15) is 22.3 Å². The van der Waals surface area contributed by atoms with Crippen LogP contribution in [0.5, 0.6) is 0 Å². The van der Waals surface area contributed by atoms with E-state index >= 15 is 0 Å². The zero-order chi connectivity index (χ0) is 27.7. The van der Waals surface area contributed by atoms with Gasteiger partial charge in [0.05, 0.1) is 44.2 Å². The van der Waals surface area contributed by atoms with E-state index in [0.717, 1.165) is 28.0 Å². The van der Waals surface area contributed by atoms with Crippen molar-refractivity contribution in [1.29, 1.82) is 0 Å². The highest BCUT2D eigenvalue weighted by atomic mass is 16.6. The van der Waals surface area contributed by atoms with Crippen molar-refractivity contribution in [3.8, 4) is 0 Å². The Labute approximate surface area is 241 Å². The molecule has 1 saturated carbocycles. The Morgan fingerprint density at radius 1 is 0.488 bits per heavy atom. The highest BCUT2D eigenvalue weighted by molar-refractivity contribution is 5.93. The molecule has 1 fully saturated rings. The molecule has 6 heteroatoms. The summed E-state index contributed by atoms with van der Waals surface area (Å²) in [4.78, 5) is 5.70. The summed E-state index contributed by atoms with van der Waals surface area (Å²) in [7, 11) is 0. The minimum atomic E-state index is -0.472. The molecule has 4 aromatic rings. The van der Waals surface area contributed by atoms with Gasteiger partial charge in [0.25, 0.3) is 0 Å². The van der Waals surface area contributed by atoms with Gasteiger partial charge in [-0.25, -0.2) is 0 Å². The van der Waals surface area contributed by atoms with Crippen molar-refractivity contribution in [1.82, 2.24) is 0 Å². The molecule has 0 bridgehead atoms. The molecule has 0 N–H and O–H groups in total. The SMILES string of the molecule is c1ccc(CO[C@@H]2[C@@H](OCc3ccccc3)[C@@H]3CON=C3[C@H](OCc3ccccc3)[C@H]2OCc2ccccc2)cc1. The lowest BCUT2D eigenvalue weighted by Crippen LogP contribution is -2.61. The highest BCUT2D eigenvalue weighted by Crippen LogP contribution is 2.36. The number of hydrogen-bond donors (Lipinski definition) is 0. The lowest BCUT2D eigenvalue weighted by molar-refractivity contribution is -0.197. The van der Waals surface area contributed by atoms with Gasteiger partial charge in [-0.3, -0.25) is 0 Å². The second-order valence-electron chi connectivity index (χ2n) is 10.4. The van der Waals surface area contributed by atoms with Crippen LogP contribution in [0.25, 0.3) is 0 Å². The summed E-state index contributed by atoms with van der Waals surface area (Å²) < 4.78 is 26.7. The van der Waals surface area contributed by atoms with Gasteiger partial charge in [0, 0.05) is 0 Å². The second kappa shape index (κ2) is 13.7. The van der Waals surface area contributed by atoms with Crippen LogP contribution < -0.4 is 0 Å². The summed E-state index contributed by atoms with van der Waals surface area (Å²) in [6.45, 7) is 2.11. The van der Waals surface area contributed by atoms with Gasteiger partial charge >= 0.3 is 0 Å². The van der Waals surface area contributed by atoms with Gasteiger partial charge in [0.2, 0.25) is 0 Å². The van der Waals surface area contributed by atoms with Crippen LogP contribution in [0, 0.1) is 5.92 Å². The molecule has 6 rings (SSSR count). The maximum atomic E-state index is 6.72. The van der Waals surface area contributed by atoms with Gasteiger partial charge in [-0.15, -0.1) is 0 Å². The number of hydrogen-bond acceptors (Lipinski definition) is 6. The molecule has 0 unspecified atom stereocenters. The fraction of sp³-hybridized carbons (Fsp3) is 0.286. The summed E-state index contributed by atoms with van der Waals surface area (Å²) in [5.74, 6) is -0.114. The van der Waals surface area contributed by atoms with Crippen molar-refractivity contribution in [2.24, 2.45) is 11.1 Å². The van der Waals surface area contributed by atoms with E-state index < -0.39 is 18.3 Å². The highest BCUT2D eigenvalue weighted by Gasteiger charge is 2.54. The fourth-order valence-corrected chi connectivity index (χ4v) is 5.45. The summed E-state index contributed by atoms with van der Waals surface area (Å²) in [6.07, 6.45) is -1.68. The molecular weight excluding hydrogens is 514 g/mol. The van der Waals surface area contributed by atoms with E-state index in [-0.39, 0.29) is 12.0 Å². The first-order chi connectivity index (χ1) is 20.3. The van der Waals surface area contributed by atoms with Gasteiger partial charge in [-0.1, -0.05) is 126 Å². The topological polar surface area (TPSA) is 58.5 Å². The molecule has 6 nitrogen and oxygen atoms in total. The van der Waals surface area contributed by atoms with Crippen LogP contribution in [0.2, 0.25) is 0 Å². The summed E-state index contributed by atoms with van der Waals surface area (Å²) in [5.41, 5.74) is 5.15. The monoisotopic (exact) mass is 549 g/mol. The Bertz CT molecular complexity index is 1370. The van der Waals surface area contributed by atoms with E-state index in [1.54, 1.807) is 0 Å². The fourth-order valence-electron chi connectivity index (χ4n) is 5.45. The minimum Gasteiger partial charge on any atom is -0.395 e. The van der Waals surface area contributed by atoms with Gasteiger partial charge in [0.15, 0.2) is 0 Å². The van der Waals surface area contributed by atoms with Gasteiger partial charge in [-0.05, 0) is 22.3 Å². The molecule has 5 atom stereocenters. The Balaban J connectivity index is 1.31. The van der Waals surface area contributed by atoms with E-state index in [2.05, 4.69) is 53.7 Å². The van der Waals surface area contributed by atoms with Crippen LogP contribution >= 0.6 is 0 Å². The van der Waals surface area contributed by atoms with Crippen molar-refractivity contribution < 1.29 is 23.8 Å². The third-order valence-electron chi connectivity index (χ3n) is 7.57. The minimum absolute atomic E-state index is 0.114. The van der Waals surface area contributed by atoms with Crippen LogP contribution in [-0.4, -0.2) is 36.7 Å². The predicted octanol–water partition coefficient (Wildman–Crippen LogP) is 6.34.